The van der Waals surface area contributed by atoms with Crippen LogP contribution in [0.4, 0.5) is 0 Å². The number of hydrogen-bond acceptors (Lipinski definition) is 3. The monoisotopic (exact) mass is 299 g/mol. The Balaban J connectivity index is 2.37. The van der Waals surface area contributed by atoms with E-state index in [2.05, 4.69) is 29.1 Å². The van der Waals surface area contributed by atoms with Gasteiger partial charge < -0.3 is 10.3 Å². The fourth-order valence-electron chi connectivity index (χ4n) is 2.11. The van der Waals surface area contributed by atoms with Gasteiger partial charge in [-0.2, -0.15) is 4.98 Å². The van der Waals surface area contributed by atoms with Gasteiger partial charge in [-0.1, -0.05) is 38.1 Å². The Kier molecular flexibility index (Phi) is 4.75. The van der Waals surface area contributed by atoms with E-state index in [1.165, 1.54) is 5.56 Å². The Bertz CT molecular complexity index is 715. The number of nitrogens with one attached hydrogen (secondary N) is 2. The first-order valence-corrected chi connectivity index (χ1v) is 7.39. The molecule has 0 atom stereocenters. The molecule has 116 valence electrons. The topological polar surface area (TPSA) is 74.8 Å². The van der Waals surface area contributed by atoms with E-state index in [0.29, 0.717) is 11.6 Å². The minimum atomic E-state index is -0.528. The van der Waals surface area contributed by atoms with E-state index in [4.69, 9.17) is 0 Å². The molecule has 1 heterocycles. The smallest absolute Gasteiger partial charge is 0.346 e. The van der Waals surface area contributed by atoms with Gasteiger partial charge in [0, 0.05) is 11.6 Å². The third-order valence-electron chi connectivity index (χ3n) is 3.28. The Morgan fingerprint density at radius 2 is 1.77 bits per heavy atom. The van der Waals surface area contributed by atoms with Crippen LogP contribution in [0.5, 0.6) is 0 Å². The molecule has 0 radical (unpaired) electrons. The SMILES string of the molecule is CC(C)NC(=O)c1cc(-c2ccc(C(C)C)cc2)nc(=O)[nH]1. The summed E-state index contributed by atoms with van der Waals surface area (Å²) in [6.45, 7) is 7.97. The third-order valence-corrected chi connectivity index (χ3v) is 3.28. The molecule has 2 rings (SSSR count). The Morgan fingerprint density at radius 3 is 2.32 bits per heavy atom. The lowest BCUT2D eigenvalue weighted by atomic mass is 10.0. The van der Waals surface area contributed by atoms with Crippen LogP contribution >= 0.6 is 0 Å². The van der Waals surface area contributed by atoms with Crippen molar-refractivity contribution in [3.05, 3.63) is 52.1 Å². The molecular weight excluding hydrogens is 278 g/mol. The average molecular weight is 299 g/mol. The van der Waals surface area contributed by atoms with Gasteiger partial charge in [0.15, 0.2) is 0 Å². The highest BCUT2D eigenvalue weighted by atomic mass is 16.2. The van der Waals surface area contributed by atoms with Crippen molar-refractivity contribution in [1.82, 2.24) is 15.3 Å². The van der Waals surface area contributed by atoms with Crippen LogP contribution < -0.4 is 11.0 Å². The summed E-state index contributed by atoms with van der Waals surface area (Å²) in [6.07, 6.45) is 0. The van der Waals surface area contributed by atoms with Crippen LogP contribution in [-0.4, -0.2) is 21.9 Å². The number of carbonyl (C=O) groups excluding carboxylic acids is 1. The molecule has 0 aliphatic rings. The third kappa shape index (κ3) is 3.81. The van der Waals surface area contributed by atoms with Gasteiger partial charge in [0.2, 0.25) is 0 Å². The predicted octanol–water partition coefficient (Wildman–Crippen LogP) is 2.70. The summed E-state index contributed by atoms with van der Waals surface area (Å²) in [5, 5.41) is 2.75. The van der Waals surface area contributed by atoms with E-state index in [-0.39, 0.29) is 17.6 Å². The van der Waals surface area contributed by atoms with E-state index in [1.807, 2.05) is 38.1 Å². The number of rotatable bonds is 4. The highest BCUT2D eigenvalue weighted by Crippen LogP contribution is 2.20. The first-order valence-electron chi connectivity index (χ1n) is 7.39. The average Bonchev–Trinajstić information content (AvgIpc) is 2.46. The summed E-state index contributed by atoms with van der Waals surface area (Å²) in [4.78, 5) is 30.2. The van der Waals surface area contributed by atoms with E-state index < -0.39 is 5.69 Å². The molecule has 0 aliphatic carbocycles. The van der Waals surface area contributed by atoms with E-state index >= 15 is 0 Å². The van der Waals surface area contributed by atoms with Crippen LogP contribution in [0.3, 0.4) is 0 Å². The van der Waals surface area contributed by atoms with Gasteiger partial charge >= 0.3 is 5.69 Å². The van der Waals surface area contributed by atoms with Gasteiger partial charge in [-0.15, -0.1) is 0 Å². The largest absolute Gasteiger partial charge is 0.349 e. The van der Waals surface area contributed by atoms with Crippen LogP contribution in [0.25, 0.3) is 11.3 Å². The molecule has 2 N–H and O–H groups in total. The quantitative estimate of drug-likeness (QED) is 0.911. The van der Waals surface area contributed by atoms with Crippen molar-refractivity contribution in [2.75, 3.05) is 0 Å². The standard InChI is InChI=1S/C17H21N3O2/c1-10(2)12-5-7-13(8-6-12)14-9-15(20-17(22)19-14)16(21)18-11(3)4/h5-11H,1-4H3,(H,18,21)(H,19,20,22). The van der Waals surface area contributed by atoms with Crippen LogP contribution in [0.1, 0.15) is 49.7 Å². The Hall–Kier alpha value is -2.43. The summed E-state index contributed by atoms with van der Waals surface area (Å²) in [7, 11) is 0. The molecule has 0 spiro atoms. The minimum Gasteiger partial charge on any atom is -0.349 e. The molecule has 1 aromatic carbocycles. The number of nitrogens with zero attached hydrogens (tertiary/aromatic N) is 1. The zero-order valence-corrected chi connectivity index (χ0v) is 13.3. The first kappa shape index (κ1) is 15.9. The second kappa shape index (κ2) is 6.56. The molecule has 1 aromatic heterocycles. The summed E-state index contributed by atoms with van der Waals surface area (Å²) in [5.41, 5.74) is 2.21. The van der Waals surface area contributed by atoms with Gasteiger partial charge in [0.05, 0.1) is 5.69 Å². The summed E-state index contributed by atoms with van der Waals surface area (Å²) >= 11 is 0. The minimum absolute atomic E-state index is 0.00190. The fraction of sp³-hybridized carbons (Fsp3) is 0.353. The van der Waals surface area contributed by atoms with Crippen LogP contribution in [0.15, 0.2) is 35.1 Å². The summed E-state index contributed by atoms with van der Waals surface area (Å²) in [5.74, 6) is 0.128. The highest BCUT2D eigenvalue weighted by Gasteiger charge is 2.11. The molecule has 0 aliphatic heterocycles. The number of amides is 1. The lowest BCUT2D eigenvalue weighted by molar-refractivity contribution is 0.0937. The molecule has 5 heteroatoms. The van der Waals surface area contributed by atoms with Crippen molar-refractivity contribution in [2.24, 2.45) is 0 Å². The molecule has 0 bridgehead atoms. The number of H-pyrrole nitrogens is 1. The van der Waals surface area contributed by atoms with Crippen molar-refractivity contribution in [3.63, 3.8) is 0 Å². The van der Waals surface area contributed by atoms with Crippen LogP contribution in [0.2, 0.25) is 0 Å². The molecular formula is C17H21N3O2. The van der Waals surface area contributed by atoms with Gasteiger partial charge in [-0.25, -0.2) is 4.79 Å². The maximum absolute atomic E-state index is 12.0. The number of carbonyl (C=O) groups is 1. The number of aromatic amines is 1. The molecule has 2 aromatic rings. The molecule has 22 heavy (non-hydrogen) atoms. The summed E-state index contributed by atoms with van der Waals surface area (Å²) in [6, 6.07) is 9.46. The normalized spacial score (nSPS) is 11.0. The highest BCUT2D eigenvalue weighted by molar-refractivity contribution is 5.93. The maximum atomic E-state index is 12.0. The molecule has 0 fully saturated rings. The second-order valence-electron chi connectivity index (χ2n) is 5.89. The van der Waals surface area contributed by atoms with Crippen molar-refractivity contribution < 1.29 is 4.79 Å². The van der Waals surface area contributed by atoms with Crippen molar-refractivity contribution in [3.8, 4) is 11.3 Å². The molecule has 0 unspecified atom stereocenters. The van der Waals surface area contributed by atoms with E-state index in [0.717, 1.165) is 5.56 Å². The number of hydrogen-bond donors (Lipinski definition) is 2. The van der Waals surface area contributed by atoms with Gasteiger partial charge in [-0.05, 0) is 31.4 Å². The van der Waals surface area contributed by atoms with Crippen molar-refractivity contribution >= 4 is 5.91 Å². The lowest BCUT2D eigenvalue weighted by Crippen LogP contribution is -2.32. The van der Waals surface area contributed by atoms with Crippen molar-refractivity contribution in [1.29, 1.82) is 0 Å². The van der Waals surface area contributed by atoms with Crippen LogP contribution in [0, 0.1) is 0 Å². The zero-order chi connectivity index (χ0) is 16.3. The molecule has 0 saturated carbocycles. The maximum Gasteiger partial charge on any atom is 0.346 e. The zero-order valence-electron chi connectivity index (χ0n) is 13.3. The molecule has 0 saturated heterocycles. The number of benzene rings is 1. The second-order valence-corrected chi connectivity index (χ2v) is 5.89. The van der Waals surface area contributed by atoms with Crippen molar-refractivity contribution in [2.45, 2.75) is 39.7 Å². The van der Waals surface area contributed by atoms with E-state index in [9.17, 15) is 9.59 Å². The van der Waals surface area contributed by atoms with Gasteiger partial charge in [0.25, 0.3) is 5.91 Å². The predicted molar refractivity (Wildman–Crippen MR) is 87.0 cm³/mol. The Labute approximate surface area is 129 Å². The fourth-order valence-corrected chi connectivity index (χ4v) is 2.11. The summed E-state index contributed by atoms with van der Waals surface area (Å²) < 4.78 is 0. The molecule has 1 amide bonds. The lowest BCUT2D eigenvalue weighted by Gasteiger charge is -2.09. The number of aromatic nitrogens is 2. The molecule has 5 nitrogen and oxygen atoms in total. The van der Waals surface area contributed by atoms with Gasteiger partial charge in [-0.3, -0.25) is 4.79 Å². The van der Waals surface area contributed by atoms with Gasteiger partial charge in [0.1, 0.15) is 5.69 Å². The Morgan fingerprint density at radius 1 is 1.14 bits per heavy atom. The van der Waals surface area contributed by atoms with E-state index in [1.54, 1.807) is 6.07 Å². The van der Waals surface area contributed by atoms with Crippen LogP contribution in [-0.2, 0) is 0 Å². The first-order chi connectivity index (χ1) is 10.4.